The molecule has 1 aliphatic rings. The zero-order chi connectivity index (χ0) is 17.6. The molecule has 0 spiro atoms. The topological polar surface area (TPSA) is 62.3 Å². The fraction of sp³-hybridized carbons (Fsp3) is 0.312. The Morgan fingerprint density at radius 3 is 2.25 bits per heavy atom. The molecule has 2 aromatic rings. The molecule has 1 aromatic carbocycles. The smallest absolute Gasteiger partial charge is 0.272 e. The number of hydrogen-bond acceptors (Lipinski definition) is 4. The van der Waals surface area contributed by atoms with Gasteiger partial charge < -0.3 is 0 Å². The van der Waals surface area contributed by atoms with Crippen LogP contribution in [0, 0.1) is 11.8 Å². The van der Waals surface area contributed by atoms with E-state index in [-0.39, 0.29) is 16.7 Å². The van der Waals surface area contributed by atoms with E-state index >= 15 is 0 Å². The number of carbonyl (C=O) groups is 2. The fourth-order valence-electron chi connectivity index (χ4n) is 2.64. The van der Waals surface area contributed by atoms with Crippen molar-refractivity contribution in [1.29, 1.82) is 0 Å². The number of anilines is 1. The molecule has 0 bridgehead atoms. The van der Waals surface area contributed by atoms with Gasteiger partial charge in [0, 0.05) is 17.2 Å². The second-order valence-electron chi connectivity index (χ2n) is 5.77. The molecule has 0 radical (unpaired) electrons. The van der Waals surface area contributed by atoms with E-state index in [1.54, 1.807) is 19.9 Å². The Bertz CT molecular complexity index is 815. The van der Waals surface area contributed by atoms with Crippen LogP contribution in [0.25, 0.3) is 10.9 Å². The van der Waals surface area contributed by atoms with Gasteiger partial charge in [0.15, 0.2) is 0 Å². The summed E-state index contributed by atoms with van der Waals surface area (Å²) in [5.74, 6) is -2.25. The van der Waals surface area contributed by atoms with E-state index < -0.39 is 35.4 Å². The van der Waals surface area contributed by atoms with Crippen LogP contribution in [0.3, 0.4) is 0 Å². The van der Waals surface area contributed by atoms with Gasteiger partial charge in [-0.1, -0.05) is 32.0 Å². The average Bonchev–Trinajstić information content (AvgIpc) is 2.71. The monoisotopic (exact) mass is 337 g/mol. The van der Waals surface area contributed by atoms with Crippen molar-refractivity contribution in [2.45, 2.75) is 20.0 Å². The number of fused-ring (bicyclic) bond motifs is 1. The molecule has 0 saturated carbocycles. The average molecular weight is 337 g/mol. The highest BCUT2D eigenvalue weighted by Crippen LogP contribution is 2.36. The number of nitrogens with one attached hydrogen (secondary N) is 1. The van der Waals surface area contributed by atoms with E-state index in [2.05, 4.69) is 10.4 Å². The largest absolute Gasteiger partial charge is 0.417 e. The molecular weight excluding hydrogens is 323 g/mol. The van der Waals surface area contributed by atoms with Gasteiger partial charge in [0.05, 0.1) is 11.1 Å². The third kappa shape index (κ3) is 2.57. The van der Waals surface area contributed by atoms with Crippen molar-refractivity contribution in [3.8, 4) is 0 Å². The van der Waals surface area contributed by atoms with Crippen LogP contribution < -0.4 is 5.43 Å². The maximum absolute atomic E-state index is 13.3. The number of para-hydroxylation sites is 1. The Morgan fingerprint density at radius 1 is 1.08 bits per heavy atom. The summed E-state index contributed by atoms with van der Waals surface area (Å²) >= 11 is 0. The molecule has 24 heavy (non-hydrogen) atoms. The minimum atomic E-state index is -4.58. The molecule has 0 aliphatic carbocycles. The second kappa shape index (κ2) is 5.47. The molecule has 8 heteroatoms. The van der Waals surface area contributed by atoms with Crippen molar-refractivity contribution in [2.24, 2.45) is 11.8 Å². The number of imide groups is 1. The normalized spacial score (nSPS) is 21.6. The molecule has 3 rings (SSSR count). The Balaban J connectivity index is 2.05. The van der Waals surface area contributed by atoms with Gasteiger partial charge in [-0.3, -0.25) is 15.0 Å². The quantitative estimate of drug-likeness (QED) is 0.855. The van der Waals surface area contributed by atoms with Crippen LogP contribution in [0.4, 0.5) is 19.0 Å². The lowest BCUT2D eigenvalue weighted by atomic mass is 10.00. The summed E-state index contributed by atoms with van der Waals surface area (Å²) in [6.45, 7) is 3.20. The summed E-state index contributed by atoms with van der Waals surface area (Å²) in [7, 11) is 0. The lowest BCUT2D eigenvalue weighted by Gasteiger charge is -2.18. The number of pyridine rings is 1. The molecule has 2 atom stereocenters. The summed E-state index contributed by atoms with van der Waals surface area (Å²) in [5, 5.41) is 0.698. The highest BCUT2D eigenvalue weighted by Gasteiger charge is 2.43. The van der Waals surface area contributed by atoms with Crippen molar-refractivity contribution < 1.29 is 22.8 Å². The number of alkyl halides is 3. The molecule has 126 valence electrons. The molecule has 2 unspecified atom stereocenters. The molecule has 1 saturated heterocycles. The predicted octanol–water partition coefficient (Wildman–Crippen LogP) is 3.22. The summed E-state index contributed by atoms with van der Waals surface area (Å²) < 4.78 is 39.9. The fourth-order valence-corrected chi connectivity index (χ4v) is 2.64. The number of hydrazine groups is 1. The first-order valence-corrected chi connectivity index (χ1v) is 7.31. The van der Waals surface area contributed by atoms with Crippen molar-refractivity contribution in [1.82, 2.24) is 9.99 Å². The van der Waals surface area contributed by atoms with Crippen molar-refractivity contribution in [3.05, 3.63) is 35.9 Å². The Hall–Kier alpha value is -2.64. The van der Waals surface area contributed by atoms with Crippen LogP contribution in [-0.2, 0) is 15.8 Å². The van der Waals surface area contributed by atoms with Crippen LogP contribution in [0.5, 0.6) is 0 Å². The molecule has 2 heterocycles. The molecule has 5 nitrogen and oxygen atoms in total. The third-order valence-electron chi connectivity index (χ3n) is 4.22. The lowest BCUT2D eigenvalue weighted by molar-refractivity contribution is -0.138. The Labute approximate surface area is 135 Å². The first-order chi connectivity index (χ1) is 11.2. The van der Waals surface area contributed by atoms with E-state index in [9.17, 15) is 22.8 Å². The molecule has 1 N–H and O–H groups in total. The van der Waals surface area contributed by atoms with E-state index in [0.717, 1.165) is 11.1 Å². The van der Waals surface area contributed by atoms with E-state index in [4.69, 9.17) is 0 Å². The zero-order valence-electron chi connectivity index (χ0n) is 12.9. The maximum Gasteiger partial charge on any atom is 0.417 e. The van der Waals surface area contributed by atoms with Crippen LogP contribution in [0.2, 0.25) is 0 Å². The number of aromatic nitrogens is 1. The summed E-state index contributed by atoms with van der Waals surface area (Å²) in [4.78, 5) is 28.2. The summed E-state index contributed by atoms with van der Waals surface area (Å²) in [5.41, 5.74) is 1.67. The number of amides is 2. The maximum atomic E-state index is 13.3. The van der Waals surface area contributed by atoms with Crippen LogP contribution in [0.15, 0.2) is 30.3 Å². The summed E-state index contributed by atoms with van der Waals surface area (Å²) in [6, 6.07) is 6.62. The Kier molecular flexibility index (Phi) is 3.70. The van der Waals surface area contributed by atoms with Crippen molar-refractivity contribution >= 4 is 28.5 Å². The highest BCUT2D eigenvalue weighted by molar-refractivity contribution is 6.05. The van der Waals surface area contributed by atoms with E-state index in [1.165, 1.54) is 18.2 Å². The van der Waals surface area contributed by atoms with E-state index in [1.807, 2.05) is 0 Å². The van der Waals surface area contributed by atoms with Gasteiger partial charge in [-0.25, -0.2) is 4.98 Å². The van der Waals surface area contributed by atoms with E-state index in [0.29, 0.717) is 0 Å². The lowest BCUT2D eigenvalue weighted by Crippen LogP contribution is -2.36. The van der Waals surface area contributed by atoms with Gasteiger partial charge in [-0.15, -0.1) is 0 Å². The number of nitrogens with zero attached hydrogens (tertiary/aromatic N) is 2. The standard InChI is InChI=1S/C16H14F3N3O2/c1-8-9(2)15(24)22(14(8)23)21-13-7-11(16(17,18)19)10-5-3-4-6-12(10)20-13/h3-9H,1-2H3,(H,20,21). The van der Waals surface area contributed by atoms with Crippen molar-refractivity contribution in [2.75, 3.05) is 5.43 Å². The van der Waals surface area contributed by atoms with Gasteiger partial charge in [0.1, 0.15) is 5.82 Å². The van der Waals surface area contributed by atoms with Crippen LogP contribution in [-0.4, -0.2) is 21.8 Å². The highest BCUT2D eigenvalue weighted by atomic mass is 19.4. The third-order valence-corrected chi connectivity index (χ3v) is 4.22. The number of carbonyl (C=O) groups excluding carboxylic acids is 2. The minimum Gasteiger partial charge on any atom is -0.272 e. The number of halogens is 3. The molecule has 1 fully saturated rings. The Morgan fingerprint density at radius 2 is 1.67 bits per heavy atom. The first-order valence-electron chi connectivity index (χ1n) is 7.31. The van der Waals surface area contributed by atoms with Gasteiger partial charge in [-0.05, 0) is 12.1 Å². The van der Waals surface area contributed by atoms with Crippen molar-refractivity contribution in [3.63, 3.8) is 0 Å². The van der Waals surface area contributed by atoms with Gasteiger partial charge in [-0.2, -0.15) is 18.2 Å². The number of benzene rings is 1. The molecule has 2 amide bonds. The molecule has 1 aliphatic heterocycles. The number of rotatable bonds is 2. The van der Waals surface area contributed by atoms with Gasteiger partial charge >= 0.3 is 6.18 Å². The minimum absolute atomic E-state index is 0.0450. The predicted molar refractivity (Wildman–Crippen MR) is 80.5 cm³/mol. The molecule has 1 aromatic heterocycles. The molecular formula is C16H14F3N3O2. The van der Waals surface area contributed by atoms with Crippen LogP contribution in [0.1, 0.15) is 19.4 Å². The van der Waals surface area contributed by atoms with Gasteiger partial charge in [0.25, 0.3) is 11.8 Å². The first kappa shape index (κ1) is 16.2. The number of hydrogen-bond donors (Lipinski definition) is 1. The SMILES string of the molecule is CC1C(=O)N(Nc2cc(C(F)(F)F)c3ccccc3n2)C(=O)C1C. The second-order valence-corrected chi connectivity index (χ2v) is 5.77. The van der Waals surface area contributed by atoms with Crippen LogP contribution >= 0.6 is 0 Å². The summed E-state index contributed by atoms with van der Waals surface area (Å²) in [6.07, 6.45) is -4.58. The zero-order valence-corrected chi connectivity index (χ0v) is 12.9. The van der Waals surface area contributed by atoms with Gasteiger partial charge in [0.2, 0.25) is 0 Å².